The first kappa shape index (κ1) is 15.1. The van der Waals surface area contributed by atoms with E-state index in [0.29, 0.717) is 5.69 Å². The van der Waals surface area contributed by atoms with Crippen molar-refractivity contribution in [1.82, 2.24) is 9.97 Å². The molecule has 0 aliphatic carbocycles. The predicted molar refractivity (Wildman–Crippen MR) is 80.9 cm³/mol. The second-order valence-corrected chi connectivity index (χ2v) is 5.17. The van der Waals surface area contributed by atoms with Gasteiger partial charge in [0, 0.05) is 11.8 Å². The average Bonchev–Trinajstić information content (AvgIpc) is 2.32. The molecule has 0 radical (unpaired) electrons. The number of carbonyl (C=O) groups excluding carboxylic acids is 1. The highest BCUT2D eigenvalue weighted by Gasteiger charge is 2.15. The van der Waals surface area contributed by atoms with Crippen LogP contribution < -0.4 is 11.1 Å². The van der Waals surface area contributed by atoms with Crippen LogP contribution in [0.2, 0.25) is 20.5 Å². The van der Waals surface area contributed by atoms with Crippen molar-refractivity contribution < 1.29 is 4.79 Å². The molecule has 0 atom stereocenters. The lowest BCUT2D eigenvalue weighted by atomic mass is 10.2. The summed E-state index contributed by atoms with van der Waals surface area (Å²) in [4.78, 5) is 19.6. The number of amides is 1. The summed E-state index contributed by atoms with van der Waals surface area (Å²) < 4.78 is 0. The molecule has 0 aliphatic heterocycles. The molecule has 3 N–H and O–H groups in total. The second kappa shape index (κ2) is 6.01. The van der Waals surface area contributed by atoms with Crippen LogP contribution >= 0.6 is 46.4 Å². The van der Waals surface area contributed by atoms with E-state index in [1.165, 1.54) is 18.2 Å². The number of hydrogen-bond acceptors (Lipinski definition) is 4. The van der Waals surface area contributed by atoms with Gasteiger partial charge in [0.25, 0.3) is 5.91 Å². The normalized spacial score (nSPS) is 10.4. The minimum atomic E-state index is -0.546. The molecule has 1 amide bonds. The molecule has 5 nitrogen and oxygen atoms in total. The third kappa shape index (κ3) is 3.43. The Kier molecular flexibility index (Phi) is 4.55. The van der Waals surface area contributed by atoms with E-state index >= 15 is 0 Å². The van der Waals surface area contributed by atoms with Crippen molar-refractivity contribution in [3.8, 4) is 0 Å². The molecular formula is C11H6Cl4N4O. The van der Waals surface area contributed by atoms with E-state index in [0.717, 1.165) is 0 Å². The number of aromatic nitrogens is 2. The number of nitrogens with two attached hydrogens (primary N) is 1. The lowest BCUT2D eigenvalue weighted by molar-refractivity contribution is 0.102. The molecule has 2 rings (SSSR count). The second-order valence-electron chi connectivity index (χ2n) is 3.66. The first-order valence-corrected chi connectivity index (χ1v) is 6.64. The highest BCUT2D eigenvalue weighted by atomic mass is 35.5. The minimum absolute atomic E-state index is 0.0876. The summed E-state index contributed by atoms with van der Waals surface area (Å²) in [5.74, 6) is -0.412. The van der Waals surface area contributed by atoms with E-state index in [9.17, 15) is 4.79 Å². The molecule has 104 valence electrons. The minimum Gasteiger partial charge on any atom is -0.399 e. The Morgan fingerprint density at radius 3 is 2.45 bits per heavy atom. The Labute approximate surface area is 134 Å². The van der Waals surface area contributed by atoms with Gasteiger partial charge >= 0.3 is 0 Å². The number of nitrogen functional groups attached to an aromatic ring is 1. The van der Waals surface area contributed by atoms with Crippen LogP contribution in [0.4, 0.5) is 11.5 Å². The maximum absolute atomic E-state index is 12.1. The molecular weight excluding hydrogens is 346 g/mol. The number of rotatable bonds is 2. The van der Waals surface area contributed by atoms with Gasteiger partial charge in [-0.1, -0.05) is 34.8 Å². The van der Waals surface area contributed by atoms with Gasteiger partial charge in [0.15, 0.2) is 0 Å². The van der Waals surface area contributed by atoms with Crippen molar-refractivity contribution in [3.63, 3.8) is 0 Å². The van der Waals surface area contributed by atoms with E-state index in [2.05, 4.69) is 15.3 Å². The van der Waals surface area contributed by atoms with Crippen LogP contribution in [0.25, 0.3) is 0 Å². The van der Waals surface area contributed by atoms with Crippen LogP contribution in [0.15, 0.2) is 18.2 Å². The van der Waals surface area contributed by atoms with E-state index < -0.39 is 5.91 Å². The van der Waals surface area contributed by atoms with Crippen LogP contribution in [0, 0.1) is 0 Å². The Hall–Kier alpha value is -1.27. The molecule has 0 saturated carbocycles. The van der Waals surface area contributed by atoms with Crippen LogP contribution in [0.1, 0.15) is 10.4 Å². The number of hydrogen-bond donors (Lipinski definition) is 2. The van der Waals surface area contributed by atoms with Crippen molar-refractivity contribution in [2.24, 2.45) is 0 Å². The smallest absolute Gasteiger partial charge is 0.258 e. The third-order valence-electron chi connectivity index (χ3n) is 2.20. The highest BCUT2D eigenvalue weighted by molar-refractivity contribution is 6.44. The van der Waals surface area contributed by atoms with E-state index in [1.807, 2.05) is 0 Å². The molecule has 0 unspecified atom stereocenters. The van der Waals surface area contributed by atoms with Crippen molar-refractivity contribution in [3.05, 3.63) is 44.2 Å². The standard InChI is InChI=1S/C11H6Cl4N4O/c12-6-2-4(16)1-5(9(6)14)10(20)18-8-3-7(13)17-11(15)19-8/h1-3H,16H2,(H,17,18,19,20). The summed E-state index contributed by atoms with van der Waals surface area (Å²) in [6.07, 6.45) is 0. The summed E-state index contributed by atoms with van der Waals surface area (Å²) in [5.41, 5.74) is 6.04. The van der Waals surface area contributed by atoms with Gasteiger partial charge in [-0.05, 0) is 23.7 Å². The Morgan fingerprint density at radius 1 is 1.10 bits per heavy atom. The number of halogens is 4. The molecule has 2 aromatic rings. The van der Waals surface area contributed by atoms with Crippen molar-refractivity contribution in [1.29, 1.82) is 0 Å². The van der Waals surface area contributed by atoms with Gasteiger partial charge < -0.3 is 11.1 Å². The van der Waals surface area contributed by atoms with Crippen molar-refractivity contribution in [2.75, 3.05) is 11.1 Å². The molecule has 0 fully saturated rings. The summed E-state index contributed by atoms with van der Waals surface area (Å²) in [5, 5.41) is 2.74. The molecule has 9 heteroatoms. The number of nitrogens with one attached hydrogen (secondary N) is 1. The van der Waals surface area contributed by atoms with Gasteiger partial charge in [-0.15, -0.1) is 0 Å². The Balaban J connectivity index is 2.33. The summed E-state index contributed by atoms with van der Waals surface area (Å²) in [6, 6.07) is 4.18. The molecule has 1 heterocycles. The maximum atomic E-state index is 12.1. The predicted octanol–water partition coefficient (Wildman–Crippen LogP) is 3.92. The summed E-state index contributed by atoms with van der Waals surface area (Å²) >= 11 is 23.2. The lowest BCUT2D eigenvalue weighted by Gasteiger charge is -2.08. The van der Waals surface area contributed by atoms with Gasteiger partial charge in [0.1, 0.15) is 11.0 Å². The molecule has 0 saturated heterocycles. The van der Waals surface area contributed by atoms with Crippen molar-refractivity contribution in [2.45, 2.75) is 0 Å². The zero-order valence-electron chi connectivity index (χ0n) is 9.62. The van der Waals surface area contributed by atoms with Crippen molar-refractivity contribution >= 4 is 63.8 Å². The van der Waals surface area contributed by atoms with Gasteiger partial charge in [-0.2, -0.15) is 0 Å². The van der Waals surface area contributed by atoms with Crippen LogP contribution in [-0.2, 0) is 0 Å². The van der Waals surface area contributed by atoms with Crippen LogP contribution in [0.3, 0.4) is 0 Å². The highest BCUT2D eigenvalue weighted by Crippen LogP contribution is 2.29. The molecule has 0 bridgehead atoms. The van der Waals surface area contributed by atoms with E-state index in [-0.39, 0.29) is 31.9 Å². The number of nitrogens with zero attached hydrogens (tertiary/aromatic N) is 2. The zero-order valence-corrected chi connectivity index (χ0v) is 12.6. The van der Waals surface area contributed by atoms with Gasteiger partial charge in [-0.25, -0.2) is 9.97 Å². The van der Waals surface area contributed by atoms with Gasteiger partial charge in [0.2, 0.25) is 5.28 Å². The SMILES string of the molecule is Nc1cc(Cl)c(Cl)c(C(=O)Nc2cc(Cl)nc(Cl)n2)c1. The quantitative estimate of drug-likeness (QED) is 0.488. The van der Waals surface area contributed by atoms with Gasteiger partial charge in [-0.3, -0.25) is 4.79 Å². The molecule has 0 aliphatic rings. The fourth-order valence-corrected chi connectivity index (χ4v) is 2.24. The Morgan fingerprint density at radius 2 is 1.80 bits per heavy atom. The fourth-order valence-electron chi connectivity index (χ4n) is 1.41. The third-order valence-corrected chi connectivity index (χ3v) is 3.37. The number of carbonyl (C=O) groups is 1. The largest absolute Gasteiger partial charge is 0.399 e. The lowest BCUT2D eigenvalue weighted by Crippen LogP contribution is -2.14. The Bertz CT molecular complexity index is 672. The summed E-state index contributed by atoms with van der Waals surface area (Å²) in [7, 11) is 0. The van der Waals surface area contributed by atoms with E-state index in [4.69, 9.17) is 52.1 Å². The molecule has 0 spiro atoms. The monoisotopic (exact) mass is 350 g/mol. The molecule has 20 heavy (non-hydrogen) atoms. The number of anilines is 2. The molecule has 1 aromatic heterocycles. The maximum Gasteiger partial charge on any atom is 0.258 e. The topological polar surface area (TPSA) is 80.9 Å². The van der Waals surface area contributed by atoms with Gasteiger partial charge in [0.05, 0.1) is 15.6 Å². The van der Waals surface area contributed by atoms with E-state index in [1.54, 1.807) is 0 Å². The first-order chi connectivity index (χ1) is 9.36. The first-order valence-electron chi connectivity index (χ1n) is 5.13. The average molecular weight is 352 g/mol. The van der Waals surface area contributed by atoms with Crippen LogP contribution in [0.5, 0.6) is 0 Å². The summed E-state index contributed by atoms with van der Waals surface area (Å²) in [6.45, 7) is 0. The van der Waals surface area contributed by atoms with Crippen LogP contribution in [-0.4, -0.2) is 15.9 Å². The zero-order chi connectivity index (χ0) is 14.9. The number of benzene rings is 1. The fraction of sp³-hybridized carbons (Fsp3) is 0. The molecule has 1 aromatic carbocycles.